The Labute approximate surface area is 160 Å². The number of sulfonamides is 1. The first-order valence-electron chi connectivity index (χ1n) is 8.94. The SMILES string of the molecule is CCN(CC)c1ccc(NS(=O)(=O)c2ccc(C(C)C)cc2)cc1C(=O)O. The molecular formula is C20H26N2O4S. The Hall–Kier alpha value is -2.54. The van der Waals surface area contributed by atoms with E-state index >= 15 is 0 Å². The molecule has 2 aromatic rings. The standard InChI is InChI=1S/C20H26N2O4S/c1-5-22(6-2)19-12-9-16(13-18(19)20(23)24)21-27(25,26)17-10-7-15(8-11-17)14(3)4/h7-14,21H,5-6H2,1-4H3,(H,23,24). The van der Waals surface area contributed by atoms with Crippen molar-refractivity contribution < 1.29 is 18.3 Å². The van der Waals surface area contributed by atoms with Gasteiger partial charge in [-0.3, -0.25) is 4.72 Å². The van der Waals surface area contributed by atoms with E-state index in [2.05, 4.69) is 4.72 Å². The van der Waals surface area contributed by atoms with Gasteiger partial charge in [-0.05, 0) is 55.7 Å². The maximum Gasteiger partial charge on any atom is 0.337 e. The van der Waals surface area contributed by atoms with Crippen molar-refractivity contribution in [1.29, 1.82) is 0 Å². The fraction of sp³-hybridized carbons (Fsp3) is 0.350. The Kier molecular flexibility index (Phi) is 6.49. The molecule has 0 unspecified atom stereocenters. The molecule has 0 heterocycles. The van der Waals surface area contributed by atoms with Gasteiger partial charge in [0.2, 0.25) is 0 Å². The van der Waals surface area contributed by atoms with Gasteiger partial charge in [0.15, 0.2) is 0 Å². The summed E-state index contributed by atoms with van der Waals surface area (Å²) in [5.74, 6) is -0.792. The Morgan fingerprint density at radius 1 is 1.07 bits per heavy atom. The molecule has 0 spiro atoms. The minimum atomic E-state index is -3.80. The molecule has 2 aromatic carbocycles. The fourth-order valence-corrected chi connectivity index (χ4v) is 3.91. The lowest BCUT2D eigenvalue weighted by Gasteiger charge is -2.23. The summed E-state index contributed by atoms with van der Waals surface area (Å²) in [4.78, 5) is 13.7. The molecule has 2 N–H and O–H groups in total. The monoisotopic (exact) mass is 390 g/mol. The Morgan fingerprint density at radius 3 is 2.15 bits per heavy atom. The largest absolute Gasteiger partial charge is 0.478 e. The normalized spacial score (nSPS) is 11.4. The van der Waals surface area contributed by atoms with Gasteiger partial charge in [0, 0.05) is 18.8 Å². The smallest absolute Gasteiger partial charge is 0.337 e. The molecule has 2 rings (SSSR count). The van der Waals surface area contributed by atoms with Gasteiger partial charge >= 0.3 is 5.97 Å². The number of rotatable bonds is 8. The van der Waals surface area contributed by atoms with Crippen molar-refractivity contribution in [2.45, 2.75) is 38.5 Å². The minimum absolute atomic E-state index is 0.0639. The van der Waals surface area contributed by atoms with Crippen LogP contribution in [0.25, 0.3) is 0 Å². The van der Waals surface area contributed by atoms with Crippen molar-refractivity contribution in [3.05, 3.63) is 53.6 Å². The van der Waals surface area contributed by atoms with E-state index in [0.717, 1.165) is 5.56 Å². The number of aromatic carboxylic acids is 1. The molecule has 146 valence electrons. The molecule has 27 heavy (non-hydrogen) atoms. The summed E-state index contributed by atoms with van der Waals surface area (Å²) in [6.45, 7) is 9.26. The molecule has 0 radical (unpaired) electrons. The van der Waals surface area contributed by atoms with Gasteiger partial charge in [-0.15, -0.1) is 0 Å². The zero-order valence-electron chi connectivity index (χ0n) is 16.1. The zero-order valence-corrected chi connectivity index (χ0v) is 16.9. The summed E-state index contributed by atoms with van der Waals surface area (Å²) >= 11 is 0. The van der Waals surface area contributed by atoms with Crippen LogP contribution in [0.5, 0.6) is 0 Å². The van der Waals surface area contributed by atoms with E-state index in [-0.39, 0.29) is 16.1 Å². The van der Waals surface area contributed by atoms with Crippen LogP contribution in [0.4, 0.5) is 11.4 Å². The second-order valence-corrected chi connectivity index (χ2v) is 8.22. The van der Waals surface area contributed by atoms with E-state index in [1.54, 1.807) is 36.4 Å². The first-order valence-corrected chi connectivity index (χ1v) is 10.4. The highest BCUT2D eigenvalue weighted by Crippen LogP contribution is 2.26. The van der Waals surface area contributed by atoms with Gasteiger partial charge in [-0.2, -0.15) is 0 Å². The van der Waals surface area contributed by atoms with Crippen LogP contribution in [-0.4, -0.2) is 32.6 Å². The predicted molar refractivity (Wildman–Crippen MR) is 108 cm³/mol. The highest BCUT2D eigenvalue weighted by molar-refractivity contribution is 7.92. The topological polar surface area (TPSA) is 86.7 Å². The lowest BCUT2D eigenvalue weighted by Crippen LogP contribution is -2.24. The summed E-state index contributed by atoms with van der Waals surface area (Å²) in [7, 11) is -3.80. The molecule has 0 saturated carbocycles. The molecule has 0 aliphatic rings. The number of hydrogen-bond acceptors (Lipinski definition) is 4. The Balaban J connectivity index is 2.35. The molecule has 0 aliphatic carbocycles. The van der Waals surface area contributed by atoms with Crippen molar-refractivity contribution in [1.82, 2.24) is 0 Å². The summed E-state index contributed by atoms with van der Waals surface area (Å²) in [5.41, 5.74) is 1.90. The van der Waals surface area contributed by atoms with Crippen LogP contribution in [0.3, 0.4) is 0 Å². The van der Waals surface area contributed by atoms with Crippen molar-refractivity contribution in [2.75, 3.05) is 22.7 Å². The zero-order chi connectivity index (χ0) is 20.2. The molecule has 0 amide bonds. The first-order chi connectivity index (χ1) is 12.7. The van der Waals surface area contributed by atoms with E-state index in [4.69, 9.17) is 0 Å². The van der Waals surface area contributed by atoms with Crippen molar-refractivity contribution in [3.8, 4) is 0 Å². The van der Waals surface area contributed by atoms with E-state index in [1.807, 2.05) is 32.6 Å². The van der Waals surface area contributed by atoms with Crippen LogP contribution in [0.2, 0.25) is 0 Å². The lowest BCUT2D eigenvalue weighted by molar-refractivity contribution is 0.0697. The quantitative estimate of drug-likeness (QED) is 0.707. The number of anilines is 2. The molecule has 6 nitrogen and oxygen atoms in total. The van der Waals surface area contributed by atoms with E-state index in [1.165, 1.54) is 6.07 Å². The third-order valence-corrected chi connectivity index (χ3v) is 5.84. The number of nitrogens with one attached hydrogen (secondary N) is 1. The molecule has 0 aliphatic heterocycles. The highest BCUT2D eigenvalue weighted by Gasteiger charge is 2.19. The number of carbonyl (C=O) groups is 1. The second-order valence-electron chi connectivity index (χ2n) is 6.54. The average molecular weight is 391 g/mol. The Morgan fingerprint density at radius 2 is 1.67 bits per heavy atom. The third-order valence-electron chi connectivity index (χ3n) is 4.44. The molecule has 0 bridgehead atoms. The molecule has 0 atom stereocenters. The maximum absolute atomic E-state index is 12.6. The molecule has 0 fully saturated rings. The molecular weight excluding hydrogens is 364 g/mol. The molecule has 0 saturated heterocycles. The van der Waals surface area contributed by atoms with Gasteiger partial charge < -0.3 is 10.0 Å². The van der Waals surface area contributed by atoms with E-state index < -0.39 is 16.0 Å². The van der Waals surface area contributed by atoms with Crippen molar-refractivity contribution in [3.63, 3.8) is 0 Å². The van der Waals surface area contributed by atoms with Crippen LogP contribution >= 0.6 is 0 Å². The summed E-state index contributed by atoms with van der Waals surface area (Å²) in [5, 5.41) is 9.52. The second kappa shape index (κ2) is 8.43. The number of hydrogen-bond donors (Lipinski definition) is 2. The third kappa shape index (κ3) is 4.80. The number of benzene rings is 2. The lowest BCUT2D eigenvalue weighted by atomic mass is 10.0. The minimum Gasteiger partial charge on any atom is -0.478 e. The van der Waals surface area contributed by atoms with Gasteiger partial charge in [0.1, 0.15) is 0 Å². The van der Waals surface area contributed by atoms with Gasteiger partial charge in [0.05, 0.1) is 16.1 Å². The van der Waals surface area contributed by atoms with Gasteiger partial charge in [0.25, 0.3) is 10.0 Å². The van der Waals surface area contributed by atoms with Crippen LogP contribution in [0.1, 0.15) is 49.5 Å². The number of nitrogens with zero attached hydrogens (tertiary/aromatic N) is 1. The number of carboxylic acids is 1. The predicted octanol–water partition coefficient (Wildman–Crippen LogP) is 4.16. The average Bonchev–Trinajstić information content (AvgIpc) is 2.63. The van der Waals surface area contributed by atoms with Crippen LogP contribution in [-0.2, 0) is 10.0 Å². The van der Waals surface area contributed by atoms with Crippen LogP contribution in [0, 0.1) is 0 Å². The van der Waals surface area contributed by atoms with Crippen molar-refractivity contribution in [2.24, 2.45) is 0 Å². The van der Waals surface area contributed by atoms with E-state index in [0.29, 0.717) is 24.7 Å². The van der Waals surface area contributed by atoms with E-state index in [9.17, 15) is 18.3 Å². The Bertz CT molecular complexity index is 902. The fourth-order valence-electron chi connectivity index (χ4n) is 2.86. The van der Waals surface area contributed by atoms with Gasteiger partial charge in [-0.1, -0.05) is 26.0 Å². The maximum atomic E-state index is 12.6. The summed E-state index contributed by atoms with van der Waals surface area (Å²) in [6, 6.07) is 11.3. The number of carboxylic acid groups (broad SMARTS) is 1. The summed E-state index contributed by atoms with van der Waals surface area (Å²) < 4.78 is 27.7. The highest BCUT2D eigenvalue weighted by atomic mass is 32.2. The van der Waals surface area contributed by atoms with Crippen LogP contribution < -0.4 is 9.62 Å². The molecule has 0 aromatic heterocycles. The van der Waals surface area contributed by atoms with Gasteiger partial charge in [-0.25, -0.2) is 13.2 Å². The van der Waals surface area contributed by atoms with Crippen LogP contribution in [0.15, 0.2) is 47.4 Å². The van der Waals surface area contributed by atoms with Crippen molar-refractivity contribution >= 4 is 27.4 Å². The molecule has 7 heteroatoms. The first kappa shape index (κ1) is 20.8. The summed E-state index contributed by atoms with van der Waals surface area (Å²) in [6.07, 6.45) is 0.